The Bertz CT molecular complexity index is 1060. The molecule has 154 valence electrons. The maximum atomic E-state index is 11.8. The Morgan fingerprint density at radius 2 is 1.90 bits per heavy atom. The van der Waals surface area contributed by atoms with E-state index >= 15 is 0 Å². The Labute approximate surface area is 171 Å². The van der Waals surface area contributed by atoms with Gasteiger partial charge in [0.25, 0.3) is 0 Å². The Morgan fingerprint density at radius 3 is 2.66 bits per heavy atom. The molecular formula is C22H26N2O4S. The summed E-state index contributed by atoms with van der Waals surface area (Å²) in [4.78, 5) is 4.72. The van der Waals surface area contributed by atoms with Crippen LogP contribution in [-0.4, -0.2) is 47.3 Å². The molecule has 1 N–H and O–H groups in total. The Morgan fingerprint density at radius 1 is 1.14 bits per heavy atom. The average molecular weight is 415 g/mol. The van der Waals surface area contributed by atoms with Gasteiger partial charge in [0.05, 0.1) is 48.4 Å². The number of benzene rings is 2. The lowest BCUT2D eigenvalue weighted by molar-refractivity contribution is 0.0205. The van der Waals surface area contributed by atoms with Crippen molar-refractivity contribution in [2.75, 3.05) is 18.1 Å². The van der Waals surface area contributed by atoms with Gasteiger partial charge >= 0.3 is 0 Å². The normalized spacial score (nSPS) is 19.6. The highest BCUT2D eigenvalue weighted by Crippen LogP contribution is 2.25. The first-order valence-corrected chi connectivity index (χ1v) is 11.8. The van der Waals surface area contributed by atoms with Gasteiger partial charge < -0.3 is 14.4 Å². The van der Waals surface area contributed by atoms with E-state index < -0.39 is 15.9 Å². The summed E-state index contributed by atoms with van der Waals surface area (Å²) < 4.78 is 31.3. The molecule has 0 spiro atoms. The molecule has 0 aliphatic carbocycles. The summed E-state index contributed by atoms with van der Waals surface area (Å²) in [6.07, 6.45) is 0.599. The van der Waals surface area contributed by atoms with Crippen LogP contribution in [0.25, 0.3) is 11.0 Å². The lowest BCUT2D eigenvalue weighted by Crippen LogP contribution is -2.24. The molecule has 1 fully saturated rings. The van der Waals surface area contributed by atoms with Gasteiger partial charge in [0, 0.05) is 6.42 Å². The van der Waals surface area contributed by atoms with Crippen molar-refractivity contribution in [3.8, 4) is 0 Å². The molecule has 29 heavy (non-hydrogen) atoms. The number of nitrogens with zero attached hydrogens (tertiary/aromatic N) is 2. The van der Waals surface area contributed by atoms with Crippen LogP contribution in [0.1, 0.15) is 17.8 Å². The number of aromatic nitrogens is 2. The van der Waals surface area contributed by atoms with Crippen LogP contribution in [0.3, 0.4) is 0 Å². The summed E-state index contributed by atoms with van der Waals surface area (Å²) in [6, 6.07) is 17.7. The molecule has 1 aliphatic heterocycles. The maximum Gasteiger partial charge on any atom is 0.150 e. The third-order valence-electron chi connectivity index (χ3n) is 5.35. The first-order chi connectivity index (χ1) is 14.0. The van der Waals surface area contributed by atoms with Gasteiger partial charge in [-0.1, -0.05) is 42.5 Å². The second-order valence-electron chi connectivity index (χ2n) is 7.76. The van der Waals surface area contributed by atoms with E-state index in [1.165, 1.54) is 0 Å². The minimum Gasteiger partial charge on any atom is -0.389 e. The molecule has 6 nitrogen and oxygen atoms in total. The minimum atomic E-state index is -2.93. The number of aliphatic hydroxyl groups excluding tert-OH is 1. The van der Waals surface area contributed by atoms with Crippen LogP contribution in [0.5, 0.6) is 0 Å². The fourth-order valence-corrected chi connectivity index (χ4v) is 5.79. The fourth-order valence-electron chi connectivity index (χ4n) is 3.93. The Hall–Kier alpha value is -2.22. The molecule has 4 rings (SSSR count). The highest BCUT2D eigenvalue weighted by Gasteiger charge is 2.29. The van der Waals surface area contributed by atoms with Crippen molar-refractivity contribution in [3.63, 3.8) is 0 Å². The smallest absolute Gasteiger partial charge is 0.150 e. The number of aliphatic hydroxyl groups is 1. The minimum absolute atomic E-state index is 0.0852. The van der Waals surface area contributed by atoms with Crippen molar-refractivity contribution in [3.05, 3.63) is 66.0 Å². The second kappa shape index (κ2) is 8.65. The van der Waals surface area contributed by atoms with Crippen LogP contribution in [0, 0.1) is 5.92 Å². The summed E-state index contributed by atoms with van der Waals surface area (Å²) in [5.74, 6) is 1.39. The molecule has 3 aromatic rings. The molecule has 1 aromatic heterocycles. The van der Waals surface area contributed by atoms with Gasteiger partial charge in [-0.15, -0.1) is 0 Å². The Balaban J connectivity index is 1.45. The summed E-state index contributed by atoms with van der Waals surface area (Å²) in [5, 5.41) is 10.6. The standard InChI is InChI=1S/C22H26N2O4S/c25-19(15-28-14-17-6-2-1-3-7-17)13-24-21-9-5-4-8-20(21)23-22(24)12-18-10-11-29(26,27)16-18/h1-9,18-19,25H,10-16H2/t18-,19-/m0/s1. The van der Waals surface area contributed by atoms with Crippen molar-refractivity contribution in [1.29, 1.82) is 0 Å². The summed E-state index contributed by atoms with van der Waals surface area (Å²) in [7, 11) is -2.93. The van der Waals surface area contributed by atoms with Crippen molar-refractivity contribution >= 4 is 20.9 Å². The summed E-state index contributed by atoms with van der Waals surface area (Å²) >= 11 is 0. The van der Waals surface area contributed by atoms with Crippen molar-refractivity contribution in [2.24, 2.45) is 5.92 Å². The van der Waals surface area contributed by atoms with E-state index in [9.17, 15) is 13.5 Å². The molecule has 0 radical (unpaired) electrons. The molecule has 0 bridgehead atoms. The molecule has 2 heterocycles. The number of para-hydroxylation sites is 2. The number of imidazole rings is 1. The van der Waals surface area contributed by atoms with Crippen LogP contribution in [0.4, 0.5) is 0 Å². The number of hydrogen-bond acceptors (Lipinski definition) is 5. The highest BCUT2D eigenvalue weighted by molar-refractivity contribution is 7.91. The SMILES string of the molecule is O=S1(=O)CC[C@@H](Cc2nc3ccccc3n2C[C@H](O)COCc2ccccc2)C1. The summed E-state index contributed by atoms with van der Waals surface area (Å²) in [5.41, 5.74) is 2.88. The third-order valence-corrected chi connectivity index (χ3v) is 7.18. The van der Waals surface area contributed by atoms with Gasteiger partial charge in [0.1, 0.15) is 5.82 Å². The highest BCUT2D eigenvalue weighted by atomic mass is 32.2. The van der Waals surface area contributed by atoms with Crippen molar-refractivity contribution in [2.45, 2.75) is 32.1 Å². The first kappa shape index (κ1) is 20.1. The zero-order valence-corrected chi connectivity index (χ0v) is 17.1. The number of rotatable bonds is 8. The third kappa shape index (κ3) is 5.04. The van der Waals surface area contributed by atoms with E-state index in [0.29, 0.717) is 26.0 Å². The van der Waals surface area contributed by atoms with Crippen molar-refractivity contribution in [1.82, 2.24) is 9.55 Å². The zero-order chi connectivity index (χ0) is 20.3. The monoisotopic (exact) mass is 414 g/mol. The van der Waals surface area contributed by atoms with Gasteiger partial charge in [-0.2, -0.15) is 0 Å². The number of fused-ring (bicyclic) bond motifs is 1. The first-order valence-electron chi connectivity index (χ1n) is 9.94. The topological polar surface area (TPSA) is 81.4 Å². The molecule has 0 unspecified atom stereocenters. The van der Waals surface area contributed by atoms with E-state index in [0.717, 1.165) is 22.4 Å². The van der Waals surface area contributed by atoms with Gasteiger partial charge in [-0.05, 0) is 30.0 Å². The van der Waals surface area contributed by atoms with E-state index in [1.807, 2.05) is 59.2 Å². The second-order valence-corrected chi connectivity index (χ2v) is 9.98. The predicted octanol–water partition coefficient (Wildman–Crippen LogP) is 2.59. The molecule has 1 aliphatic rings. The van der Waals surface area contributed by atoms with Gasteiger partial charge in [0.15, 0.2) is 9.84 Å². The number of sulfone groups is 1. The molecule has 2 atom stereocenters. The van der Waals surface area contributed by atoms with Crippen LogP contribution in [0.15, 0.2) is 54.6 Å². The molecule has 0 saturated carbocycles. The number of hydrogen-bond donors (Lipinski definition) is 1. The van der Waals surface area contributed by atoms with E-state index in [1.54, 1.807) is 0 Å². The van der Waals surface area contributed by atoms with Crippen LogP contribution < -0.4 is 0 Å². The maximum absolute atomic E-state index is 11.8. The molecule has 7 heteroatoms. The quantitative estimate of drug-likeness (QED) is 0.613. The van der Waals surface area contributed by atoms with Crippen LogP contribution >= 0.6 is 0 Å². The largest absolute Gasteiger partial charge is 0.389 e. The lowest BCUT2D eigenvalue weighted by Gasteiger charge is -2.16. The predicted molar refractivity (Wildman–Crippen MR) is 112 cm³/mol. The molecular weight excluding hydrogens is 388 g/mol. The average Bonchev–Trinajstić information content (AvgIpc) is 3.22. The summed E-state index contributed by atoms with van der Waals surface area (Å²) in [6.45, 7) is 1.04. The fraction of sp³-hybridized carbons (Fsp3) is 0.409. The van der Waals surface area contributed by atoms with Crippen LogP contribution in [-0.2, 0) is 34.1 Å². The number of ether oxygens (including phenoxy) is 1. The molecule has 2 aromatic carbocycles. The molecule has 0 amide bonds. The van der Waals surface area contributed by atoms with Crippen LogP contribution in [0.2, 0.25) is 0 Å². The van der Waals surface area contributed by atoms with E-state index in [-0.39, 0.29) is 24.0 Å². The van der Waals surface area contributed by atoms with E-state index in [2.05, 4.69) is 0 Å². The zero-order valence-electron chi connectivity index (χ0n) is 16.3. The van der Waals surface area contributed by atoms with Gasteiger partial charge in [0.2, 0.25) is 0 Å². The van der Waals surface area contributed by atoms with E-state index in [4.69, 9.17) is 9.72 Å². The lowest BCUT2D eigenvalue weighted by atomic mass is 10.1. The Kier molecular flexibility index (Phi) is 5.99. The molecule has 1 saturated heterocycles. The van der Waals surface area contributed by atoms with Gasteiger partial charge in [-0.25, -0.2) is 13.4 Å². The van der Waals surface area contributed by atoms with Crippen molar-refractivity contribution < 1.29 is 18.3 Å². The van der Waals surface area contributed by atoms with Gasteiger partial charge in [-0.3, -0.25) is 0 Å².